The summed E-state index contributed by atoms with van der Waals surface area (Å²) in [6.45, 7) is 0.711. The van der Waals surface area contributed by atoms with Crippen molar-refractivity contribution in [1.29, 1.82) is 0 Å². The molecule has 1 aliphatic rings. The second-order valence-electron chi connectivity index (χ2n) is 1.76. The van der Waals surface area contributed by atoms with Crippen LogP contribution >= 0.6 is 23.2 Å². The van der Waals surface area contributed by atoms with E-state index in [1.165, 1.54) is 0 Å². The number of hydrogen-bond acceptors (Lipinski definition) is 2. The lowest BCUT2D eigenvalue weighted by Crippen LogP contribution is -2.46. The van der Waals surface area contributed by atoms with Crippen LogP contribution in [0.5, 0.6) is 0 Å². The quantitative estimate of drug-likeness (QED) is 0.396. The minimum absolute atomic E-state index is 0.0405. The van der Waals surface area contributed by atoms with Crippen molar-refractivity contribution >= 4 is 23.2 Å². The summed E-state index contributed by atoms with van der Waals surface area (Å²) < 4.78 is 0. The second-order valence-corrected chi connectivity index (χ2v) is 2.81. The molecule has 2 nitrogen and oxygen atoms in total. The van der Waals surface area contributed by atoms with Gasteiger partial charge in [-0.3, -0.25) is 10.6 Å². The normalized spacial score (nSPS) is 39.8. The number of hydrogen-bond donors (Lipinski definition) is 2. The first-order valence-corrected chi connectivity index (χ1v) is 3.41. The topological polar surface area (TPSA) is 24.1 Å². The lowest BCUT2D eigenvalue weighted by atomic mass is 10.4. The molecule has 0 radical (unpaired) electrons. The van der Waals surface area contributed by atoms with E-state index in [0.717, 1.165) is 6.42 Å². The molecule has 4 heteroatoms. The first-order valence-electron chi connectivity index (χ1n) is 2.54. The number of alkyl halides is 2. The van der Waals surface area contributed by atoms with Crippen molar-refractivity contribution in [3.05, 3.63) is 0 Å². The highest BCUT2D eigenvalue weighted by molar-refractivity contribution is 6.23. The van der Waals surface area contributed by atoms with Crippen LogP contribution in [0.1, 0.15) is 6.42 Å². The highest BCUT2D eigenvalue weighted by atomic mass is 35.5. The SMILES string of the molecule is ClC1CC(Cl)NCN1. The summed E-state index contributed by atoms with van der Waals surface area (Å²) in [5, 5.41) is 5.96. The van der Waals surface area contributed by atoms with E-state index in [4.69, 9.17) is 23.2 Å². The number of halogens is 2. The van der Waals surface area contributed by atoms with Crippen LogP contribution in [-0.2, 0) is 0 Å². The summed E-state index contributed by atoms with van der Waals surface area (Å²) in [4.78, 5) is 0. The molecule has 0 bridgehead atoms. The number of rotatable bonds is 0. The molecular formula is C4H8Cl2N2. The van der Waals surface area contributed by atoms with Crippen LogP contribution < -0.4 is 10.6 Å². The van der Waals surface area contributed by atoms with Crippen molar-refractivity contribution in [2.75, 3.05) is 6.67 Å². The number of nitrogens with one attached hydrogen (secondary N) is 2. The largest absolute Gasteiger partial charge is 0.289 e. The van der Waals surface area contributed by atoms with Crippen molar-refractivity contribution in [3.8, 4) is 0 Å². The zero-order valence-electron chi connectivity index (χ0n) is 4.32. The Morgan fingerprint density at radius 2 is 1.62 bits per heavy atom. The second kappa shape index (κ2) is 2.87. The first-order chi connectivity index (χ1) is 3.79. The molecule has 0 amide bonds. The highest BCUT2D eigenvalue weighted by Gasteiger charge is 2.15. The Bertz CT molecular complexity index is 70.4. The molecule has 1 saturated heterocycles. The molecule has 0 aromatic rings. The van der Waals surface area contributed by atoms with Gasteiger partial charge in [-0.1, -0.05) is 0 Å². The molecule has 0 aromatic carbocycles. The van der Waals surface area contributed by atoms with E-state index in [-0.39, 0.29) is 11.0 Å². The Balaban J connectivity index is 2.23. The monoisotopic (exact) mass is 154 g/mol. The third-order valence-corrected chi connectivity index (χ3v) is 1.73. The van der Waals surface area contributed by atoms with Crippen molar-refractivity contribution in [2.45, 2.75) is 17.4 Å². The summed E-state index contributed by atoms with van der Waals surface area (Å²) in [6.07, 6.45) is 0.781. The Hall–Kier alpha value is 0.500. The smallest absolute Gasteiger partial charge is 0.0862 e. The van der Waals surface area contributed by atoms with Crippen LogP contribution in [0.3, 0.4) is 0 Å². The van der Waals surface area contributed by atoms with E-state index in [0.29, 0.717) is 6.67 Å². The van der Waals surface area contributed by atoms with Gasteiger partial charge < -0.3 is 0 Å². The molecule has 0 aliphatic carbocycles. The summed E-state index contributed by atoms with van der Waals surface area (Å²) in [6, 6.07) is 0. The van der Waals surface area contributed by atoms with Gasteiger partial charge in [-0.05, 0) is 0 Å². The van der Waals surface area contributed by atoms with Crippen molar-refractivity contribution < 1.29 is 0 Å². The molecule has 1 rings (SSSR count). The van der Waals surface area contributed by atoms with Gasteiger partial charge in [0.15, 0.2) is 0 Å². The molecule has 48 valence electrons. The fourth-order valence-electron chi connectivity index (χ4n) is 0.629. The molecule has 2 atom stereocenters. The maximum atomic E-state index is 5.68. The minimum atomic E-state index is 0.0405. The van der Waals surface area contributed by atoms with Crippen molar-refractivity contribution in [3.63, 3.8) is 0 Å². The van der Waals surface area contributed by atoms with Gasteiger partial charge in [0.05, 0.1) is 11.0 Å². The Labute approximate surface area is 58.5 Å². The predicted molar refractivity (Wildman–Crippen MR) is 35.0 cm³/mol. The minimum Gasteiger partial charge on any atom is -0.289 e. The maximum absolute atomic E-state index is 5.68. The van der Waals surface area contributed by atoms with Gasteiger partial charge in [-0.2, -0.15) is 0 Å². The standard InChI is InChI=1S/C4H8Cl2N2/c5-3-1-4(6)8-2-7-3/h3-4,7-8H,1-2H2. The van der Waals surface area contributed by atoms with E-state index >= 15 is 0 Å². The summed E-state index contributed by atoms with van der Waals surface area (Å²) >= 11 is 11.4. The summed E-state index contributed by atoms with van der Waals surface area (Å²) in [5.74, 6) is 0. The van der Waals surface area contributed by atoms with Gasteiger partial charge in [-0.25, -0.2) is 0 Å². The van der Waals surface area contributed by atoms with Crippen LogP contribution in [0.25, 0.3) is 0 Å². The fourth-order valence-corrected chi connectivity index (χ4v) is 1.23. The van der Waals surface area contributed by atoms with Gasteiger partial charge in [0.25, 0.3) is 0 Å². The Kier molecular flexibility index (Phi) is 2.38. The zero-order chi connectivity index (χ0) is 5.98. The lowest BCUT2D eigenvalue weighted by molar-refractivity contribution is 0.437. The van der Waals surface area contributed by atoms with Crippen LogP contribution in [0.15, 0.2) is 0 Å². The maximum Gasteiger partial charge on any atom is 0.0862 e. The molecule has 1 fully saturated rings. The van der Waals surface area contributed by atoms with Gasteiger partial charge in [0.2, 0.25) is 0 Å². The molecule has 2 N–H and O–H groups in total. The Morgan fingerprint density at radius 1 is 1.12 bits per heavy atom. The van der Waals surface area contributed by atoms with E-state index in [1.807, 2.05) is 0 Å². The summed E-state index contributed by atoms with van der Waals surface area (Å²) in [5.41, 5.74) is 0.0810. The molecule has 1 aliphatic heterocycles. The molecule has 2 unspecified atom stereocenters. The van der Waals surface area contributed by atoms with E-state index < -0.39 is 0 Å². The van der Waals surface area contributed by atoms with E-state index in [1.54, 1.807) is 0 Å². The van der Waals surface area contributed by atoms with Crippen molar-refractivity contribution in [1.82, 2.24) is 10.6 Å². The van der Waals surface area contributed by atoms with Gasteiger partial charge in [-0.15, -0.1) is 23.2 Å². The average molecular weight is 155 g/mol. The van der Waals surface area contributed by atoms with Gasteiger partial charge in [0, 0.05) is 13.1 Å². The van der Waals surface area contributed by atoms with Crippen LogP contribution in [0.2, 0.25) is 0 Å². The van der Waals surface area contributed by atoms with E-state index in [2.05, 4.69) is 10.6 Å². The first kappa shape index (κ1) is 6.62. The molecule has 0 aromatic heterocycles. The van der Waals surface area contributed by atoms with E-state index in [9.17, 15) is 0 Å². The third-order valence-electron chi connectivity index (χ3n) is 1.06. The van der Waals surface area contributed by atoms with Crippen LogP contribution in [-0.4, -0.2) is 17.7 Å². The van der Waals surface area contributed by atoms with Gasteiger partial charge in [0.1, 0.15) is 0 Å². The fraction of sp³-hybridized carbons (Fsp3) is 1.00. The summed E-state index contributed by atoms with van der Waals surface area (Å²) in [7, 11) is 0. The van der Waals surface area contributed by atoms with Crippen LogP contribution in [0, 0.1) is 0 Å². The lowest BCUT2D eigenvalue weighted by Gasteiger charge is -2.22. The molecule has 0 spiro atoms. The van der Waals surface area contributed by atoms with Crippen LogP contribution in [0.4, 0.5) is 0 Å². The van der Waals surface area contributed by atoms with Crippen molar-refractivity contribution in [2.24, 2.45) is 0 Å². The highest BCUT2D eigenvalue weighted by Crippen LogP contribution is 2.08. The molecule has 1 heterocycles. The molecule has 0 saturated carbocycles. The zero-order valence-corrected chi connectivity index (χ0v) is 5.84. The average Bonchev–Trinajstić information content (AvgIpc) is 1.64. The van der Waals surface area contributed by atoms with Gasteiger partial charge >= 0.3 is 0 Å². The Morgan fingerprint density at radius 3 is 1.88 bits per heavy atom. The molecular weight excluding hydrogens is 147 g/mol. The molecule has 8 heavy (non-hydrogen) atoms. The third kappa shape index (κ3) is 1.78. The predicted octanol–water partition coefficient (Wildman–Crippen LogP) is 0.657.